The number of hydrogen-bond donors (Lipinski definition) is 1. The zero-order valence-electron chi connectivity index (χ0n) is 8.79. The molecule has 0 aliphatic carbocycles. The second-order valence-electron chi connectivity index (χ2n) is 2.91. The zero-order chi connectivity index (χ0) is 9.68. The second-order valence-corrected chi connectivity index (χ2v) is 2.91. The number of nitrogens with two attached hydrogens (primary N) is 1. The van der Waals surface area contributed by atoms with Gasteiger partial charge in [-0.1, -0.05) is 18.4 Å². The van der Waals surface area contributed by atoms with E-state index in [0.717, 1.165) is 18.1 Å². The van der Waals surface area contributed by atoms with Crippen LogP contribution >= 0.6 is 0 Å². The van der Waals surface area contributed by atoms with Crippen molar-refractivity contribution in [3.63, 3.8) is 0 Å². The molecule has 2 N–H and O–H groups in total. The summed E-state index contributed by atoms with van der Waals surface area (Å²) in [6, 6.07) is 0. The third-order valence-corrected chi connectivity index (χ3v) is 1.90. The second kappa shape index (κ2) is 7.52. The van der Waals surface area contributed by atoms with Crippen molar-refractivity contribution < 1.29 is 37.4 Å². The first-order chi connectivity index (χ1) is 6.25. The molecule has 0 unspecified atom stereocenters. The average molecular weight is 271 g/mol. The van der Waals surface area contributed by atoms with E-state index in [1.54, 1.807) is 0 Å². The van der Waals surface area contributed by atoms with Crippen LogP contribution in [0.25, 0.3) is 0 Å². The standard InChI is InChI=1S/C9H16N3O.Y/c1-8-7-11-9(2)12(8)4-6-13-5-3-10;/h3-6,10H2,1-2H3;/q-1;. The van der Waals surface area contributed by atoms with Gasteiger partial charge in [-0.2, -0.15) is 0 Å². The van der Waals surface area contributed by atoms with Gasteiger partial charge >= 0.3 is 0 Å². The summed E-state index contributed by atoms with van der Waals surface area (Å²) in [4.78, 5) is 4.07. The Kier molecular flexibility index (Phi) is 7.64. The molecule has 1 aromatic rings. The Balaban J connectivity index is 0.00000169. The summed E-state index contributed by atoms with van der Waals surface area (Å²) in [5.74, 6) is 0.980. The minimum Gasteiger partial charge on any atom is -0.439 e. The van der Waals surface area contributed by atoms with Crippen molar-refractivity contribution in [3.8, 4) is 0 Å². The quantitative estimate of drug-likeness (QED) is 0.618. The van der Waals surface area contributed by atoms with Crippen molar-refractivity contribution >= 4 is 0 Å². The van der Waals surface area contributed by atoms with Crippen LogP contribution in [0.2, 0.25) is 0 Å². The molecule has 0 aliphatic rings. The first kappa shape index (κ1) is 14.2. The maximum atomic E-state index is 5.30. The maximum Gasteiger partial charge on any atom is 0.0630 e. The summed E-state index contributed by atoms with van der Waals surface area (Å²) >= 11 is 0. The van der Waals surface area contributed by atoms with Crippen LogP contribution in [0.4, 0.5) is 0 Å². The van der Waals surface area contributed by atoms with Gasteiger partial charge in [-0.3, -0.25) is 0 Å². The molecule has 1 aromatic heterocycles. The summed E-state index contributed by atoms with van der Waals surface area (Å²) < 4.78 is 7.36. The number of imidazole rings is 1. The van der Waals surface area contributed by atoms with Crippen LogP contribution in [-0.4, -0.2) is 29.3 Å². The third-order valence-electron chi connectivity index (χ3n) is 1.90. The number of ether oxygens (including phenoxy) is 1. The van der Waals surface area contributed by atoms with Crippen molar-refractivity contribution in [3.05, 3.63) is 17.7 Å². The van der Waals surface area contributed by atoms with Gasteiger partial charge in [0.2, 0.25) is 0 Å². The monoisotopic (exact) mass is 271 g/mol. The fourth-order valence-electron chi connectivity index (χ4n) is 1.20. The number of nitrogens with zero attached hydrogens (tertiary/aromatic N) is 2. The van der Waals surface area contributed by atoms with Gasteiger partial charge in [0.25, 0.3) is 0 Å². The Bertz CT molecular complexity index is 243. The summed E-state index contributed by atoms with van der Waals surface area (Å²) in [6.07, 6.45) is 2.91. The molecule has 0 spiro atoms. The molecule has 77 valence electrons. The van der Waals surface area contributed by atoms with Crippen LogP contribution in [0.1, 0.15) is 11.5 Å². The number of rotatable bonds is 5. The van der Waals surface area contributed by atoms with Crippen LogP contribution < -0.4 is 5.73 Å². The number of aromatic nitrogens is 2. The Morgan fingerprint density at radius 3 is 2.64 bits per heavy atom. The maximum absolute atomic E-state index is 5.30. The van der Waals surface area contributed by atoms with Crippen LogP contribution in [0.3, 0.4) is 0 Å². The minimum absolute atomic E-state index is 0. The molecule has 0 aliphatic heterocycles. The SMILES string of the molecule is Cc1[c-]nc(C)n1CCOCCN.[Y]. The largest absolute Gasteiger partial charge is 0.439 e. The molecule has 1 rings (SSSR count). The molecular weight excluding hydrogens is 255 g/mol. The van der Waals surface area contributed by atoms with Crippen molar-refractivity contribution in [2.45, 2.75) is 20.4 Å². The van der Waals surface area contributed by atoms with E-state index < -0.39 is 0 Å². The molecule has 5 heteroatoms. The predicted molar refractivity (Wildman–Crippen MR) is 50.4 cm³/mol. The minimum atomic E-state index is 0. The van der Waals surface area contributed by atoms with Gasteiger partial charge in [0.05, 0.1) is 13.2 Å². The Hall–Kier alpha value is 0.234. The smallest absolute Gasteiger partial charge is 0.0630 e. The van der Waals surface area contributed by atoms with Gasteiger partial charge in [-0.15, -0.1) is 6.20 Å². The first-order valence-corrected chi connectivity index (χ1v) is 4.45. The van der Waals surface area contributed by atoms with Crippen LogP contribution in [0.15, 0.2) is 0 Å². The normalized spacial score (nSPS) is 9.93. The molecule has 0 saturated carbocycles. The van der Waals surface area contributed by atoms with Crippen molar-refractivity contribution in [1.82, 2.24) is 9.55 Å². The van der Waals surface area contributed by atoms with Gasteiger partial charge in [-0.05, 0) is 6.92 Å². The van der Waals surface area contributed by atoms with Crippen molar-refractivity contribution in [1.29, 1.82) is 0 Å². The fraction of sp³-hybridized carbons (Fsp3) is 0.667. The first-order valence-electron chi connectivity index (χ1n) is 4.45. The van der Waals surface area contributed by atoms with Gasteiger partial charge in [0.1, 0.15) is 0 Å². The van der Waals surface area contributed by atoms with E-state index in [0.29, 0.717) is 19.8 Å². The number of hydrogen-bond acceptors (Lipinski definition) is 3. The third kappa shape index (κ3) is 4.17. The average Bonchev–Trinajstić information content (AvgIpc) is 2.42. The van der Waals surface area contributed by atoms with E-state index in [-0.39, 0.29) is 32.7 Å². The van der Waals surface area contributed by atoms with Gasteiger partial charge in [0.15, 0.2) is 0 Å². The van der Waals surface area contributed by atoms with Crippen molar-refractivity contribution in [2.75, 3.05) is 19.8 Å². The van der Waals surface area contributed by atoms with E-state index in [4.69, 9.17) is 10.5 Å². The molecule has 1 heterocycles. The van der Waals surface area contributed by atoms with Crippen LogP contribution in [0, 0.1) is 20.0 Å². The molecule has 0 amide bonds. The van der Waals surface area contributed by atoms with E-state index in [2.05, 4.69) is 15.7 Å². The summed E-state index contributed by atoms with van der Waals surface area (Å²) in [5.41, 5.74) is 6.35. The topological polar surface area (TPSA) is 53.1 Å². The van der Waals surface area contributed by atoms with Gasteiger partial charge in [-0.25, -0.2) is 0 Å². The van der Waals surface area contributed by atoms with Crippen molar-refractivity contribution in [2.24, 2.45) is 5.73 Å². The molecular formula is C9H16N3OY-. The van der Waals surface area contributed by atoms with Gasteiger partial charge in [0, 0.05) is 45.8 Å². The van der Waals surface area contributed by atoms with E-state index >= 15 is 0 Å². The molecule has 0 atom stereocenters. The van der Waals surface area contributed by atoms with E-state index in [9.17, 15) is 0 Å². The molecule has 4 nitrogen and oxygen atoms in total. The molecule has 1 radical (unpaired) electrons. The summed E-state index contributed by atoms with van der Waals surface area (Å²) in [5, 5.41) is 0. The van der Waals surface area contributed by atoms with Crippen LogP contribution in [-0.2, 0) is 44.0 Å². The zero-order valence-corrected chi connectivity index (χ0v) is 11.6. The van der Waals surface area contributed by atoms with E-state index in [1.165, 1.54) is 0 Å². The van der Waals surface area contributed by atoms with E-state index in [1.807, 2.05) is 13.8 Å². The molecule has 0 saturated heterocycles. The molecule has 0 fully saturated rings. The Labute approximate surface area is 110 Å². The molecule has 0 aromatic carbocycles. The Morgan fingerprint density at radius 2 is 2.14 bits per heavy atom. The fourth-order valence-corrected chi connectivity index (χ4v) is 1.20. The summed E-state index contributed by atoms with van der Waals surface area (Å²) in [7, 11) is 0. The molecule has 14 heavy (non-hydrogen) atoms. The Morgan fingerprint density at radius 1 is 1.43 bits per heavy atom. The number of aryl methyl sites for hydroxylation is 2. The predicted octanol–water partition coefficient (Wildman–Crippen LogP) is 0.273. The molecule has 0 bridgehead atoms. The van der Waals surface area contributed by atoms with Crippen LogP contribution in [0.5, 0.6) is 0 Å². The van der Waals surface area contributed by atoms with Gasteiger partial charge < -0.3 is 20.0 Å². The summed E-state index contributed by atoms with van der Waals surface area (Å²) in [6.45, 7) is 6.66.